The molecule has 2 N–H and O–H groups in total. The molecule has 1 aromatic carbocycles. The molecule has 3 rings (SSSR count). The lowest BCUT2D eigenvalue weighted by atomic mass is 10.0. The van der Waals surface area contributed by atoms with E-state index in [0.29, 0.717) is 12.1 Å². The Kier molecular flexibility index (Phi) is 4.71. The van der Waals surface area contributed by atoms with Crippen LogP contribution in [0.25, 0.3) is 0 Å². The third-order valence-electron chi connectivity index (χ3n) is 4.09. The van der Waals surface area contributed by atoms with Crippen LogP contribution < -0.4 is 10.6 Å². The van der Waals surface area contributed by atoms with Gasteiger partial charge in [-0.3, -0.25) is 9.59 Å². The number of hydrogen-bond donors (Lipinski definition) is 2. The minimum atomic E-state index is -0.528. The van der Waals surface area contributed by atoms with E-state index in [-0.39, 0.29) is 40.8 Å². The van der Waals surface area contributed by atoms with Crippen LogP contribution in [0.5, 0.6) is 0 Å². The van der Waals surface area contributed by atoms with E-state index in [2.05, 4.69) is 20.9 Å². The quantitative estimate of drug-likeness (QED) is 0.864. The number of aromatic nitrogens is 3. The van der Waals surface area contributed by atoms with Gasteiger partial charge in [0.25, 0.3) is 11.8 Å². The highest BCUT2D eigenvalue weighted by atomic mass is 35.5. The first-order chi connectivity index (χ1) is 11.9. The average molecular weight is 366 g/mol. The molecular weight excluding hydrogens is 349 g/mol. The summed E-state index contributed by atoms with van der Waals surface area (Å²) in [6.07, 6.45) is 0. The Morgan fingerprint density at radius 2 is 2.28 bits per heavy atom. The van der Waals surface area contributed by atoms with E-state index < -0.39 is 11.7 Å². The van der Waals surface area contributed by atoms with Gasteiger partial charge in [0.05, 0.1) is 17.6 Å². The minimum absolute atomic E-state index is 0.0214. The summed E-state index contributed by atoms with van der Waals surface area (Å²) in [5.74, 6) is -1.19. The molecular formula is C16H17ClFN5O2. The van der Waals surface area contributed by atoms with Crippen LogP contribution in [0.1, 0.15) is 40.4 Å². The first-order valence-electron chi connectivity index (χ1n) is 7.83. The van der Waals surface area contributed by atoms with Crippen molar-refractivity contribution < 1.29 is 14.0 Å². The number of fused-ring (bicyclic) bond motifs is 1. The first-order valence-corrected chi connectivity index (χ1v) is 8.21. The second-order valence-corrected chi connectivity index (χ2v) is 6.63. The lowest BCUT2D eigenvalue weighted by molar-refractivity contribution is 0.0861. The number of carbonyl (C=O) groups excluding carboxylic acids is 2. The molecule has 2 amide bonds. The molecule has 1 atom stereocenters. The summed E-state index contributed by atoms with van der Waals surface area (Å²) in [4.78, 5) is 24.6. The van der Waals surface area contributed by atoms with Gasteiger partial charge in [-0.2, -0.15) is 0 Å². The Morgan fingerprint density at radius 1 is 1.52 bits per heavy atom. The number of nitrogens with one attached hydrogen (secondary N) is 2. The number of hydrogen-bond acceptors (Lipinski definition) is 4. The summed E-state index contributed by atoms with van der Waals surface area (Å²) in [6.45, 7) is 4.58. The molecule has 0 aliphatic carbocycles. The zero-order valence-corrected chi connectivity index (χ0v) is 14.5. The van der Waals surface area contributed by atoms with Crippen LogP contribution in [-0.2, 0) is 13.1 Å². The van der Waals surface area contributed by atoms with Gasteiger partial charge in [-0.15, -0.1) is 5.10 Å². The Bertz CT molecular complexity index is 836. The summed E-state index contributed by atoms with van der Waals surface area (Å²) in [7, 11) is 0. The molecule has 0 bridgehead atoms. The van der Waals surface area contributed by atoms with Gasteiger partial charge in [0.2, 0.25) is 0 Å². The van der Waals surface area contributed by atoms with Crippen molar-refractivity contribution in [2.24, 2.45) is 5.92 Å². The fourth-order valence-electron chi connectivity index (χ4n) is 2.58. The van der Waals surface area contributed by atoms with Gasteiger partial charge in [-0.1, -0.05) is 36.7 Å². The standard InChI is InChI=1S/C16H17ClFN5O2/c1-8(2)12-7-23-14(16(25)20-12)13(21-22-23)15(24)19-6-9-3-4-11(18)10(17)5-9/h3-5,8,12H,6-7H2,1-2H3,(H,19,24)(H,20,25)/t12-/m1/s1. The van der Waals surface area contributed by atoms with E-state index in [1.165, 1.54) is 22.9 Å². The maximum Gasteiger partial charge on any atom is 0.274 e. The maximum atomic E-state index is 13.2. The van der Waals surface area contributed by atoms with Gasteiger partial charge >= 0.3 is 0 Å². The van der Waals surface area contributed by atoms with Gasteiger partial charge in [0.1, 0.15) is 5.82 Å². The summed E-state index contributed by atoms with van der Waals surface area (Å²) >= 11 is 5.72. The highest BCUT2D eigenvalue weighted by Gasteiger charge is 2.32. The number of amides is 2. The molecule has 0 saturated carbocycles. The van der Waals surface area contributed by atoms with Crippen molar-refractivity contribution in [3.05, 3.63) is 46.0 Å². The van der Waals surface area contributed by atoms with Crippen molar-refractivity contribution in [2.75, 3.05) is 0 Å². The van der Waals surface area contributed by atoms with Gasteiger partial charge < -0.3 is 10.6 Å². The fraction of sp³-hybridized carbons (Fsp3) is 0.375. The summed E-state index contributed by atoms with van der Waals surface area (Å²) in [6, 6.07) is 4.11. The lowest BCUT2D eigenvalue weighted by Crippen LogP contribution is -2.48. The number of benzene rings is 1. The van der Waals surface area contributed by atoms with E-state index in [1.807, 2.05) is 13.8 Å². The van der Waals surface area contributed by atoms with Crippen molar-refractivity contribution in [1.29, 1.82) is 0 Å². The maximum absolute atomic E-state index is 13.2. The van der Waals surface area contributed by atoms with E-state index >= 15 is 0 Å². The highest BCUT2D eigenvalue weighted by Crippen LogP contribution is 2.17. The van der Waals surface area contributed by atoms with Crippen LogP contribution in [0.2, 0.25) is 5.02 Å². The monoisotopic (exact) mass is 365 g/mol. The van der Waals surface area contributed by atoms with Crippen LogP contribution in [0.3, 0.4) is 0 Å². The van der Waals surface area contributed by atoms with Crippen LogP contribution in [0.4, 0.5) is 4.39 Å². The molecule has 2 aromatic rings. The smallest absolute Gasteiger partial charge is 0.274 e. The fourth-order valence-corrected chi connectivity index (χ4v) is 2.78. The molecule has 0 fully saturated rings. The Balaban J connectivity index is 1.74. The average Bonchev–Trinajstić information content (AvgIpc) is 3.00. The Labute approximate surface area is 148 Å². The number of carbonyl (C=O) groups is 2. The zero-order valence-electron chi connectivity index (χ0n) is 13.7. The van der Waals surface area contributed by atoms with Gasteiger partial charge in [-0.05, 0) is 23.6 Å². The minimum Gasteiger partial charge on any atom is -0.346 e. The largest absolute Gasteiger partial charge is 0.346 e. The second kappa shape index (κ2) is 6.79. The Hall–Kier alpha value is -2.48. The molecule has 132 valence electrons. The molecule has 1 aliphatic heterocycles. The molecule has 1 aliphatic rings. The van der Waals surface area contributed by atoms with Crippen LogP contribution in [0, 0.1) is 11.7 Å². The predicted octanol–water partition coefficient (Wildman–Crippen LogP) is 1.77. The van der Waals surface area contributed by atoms with Gasteiger partial charge in [-0.25, -0.2) is 9.07 Å². The number of halogens is 2. The molecule has 0 spiro atoms. The highest BCUT2D eigenvalue weighted by molar-refractivity contribution is 6.30. The number of rotatable bonds is 4. The van der Waals surface area contributed by atoms with E-state index in [9.17, 15) is 14.0 Å². The molecule has 0 radical (unpaired) electrons. The van der Waals surface area contributed by atoms with Crippen LogP contribution in [-0.4, -0.2) is 32.9 Å². The van der Waals surface area contributed by atoms with Gasteiger partial charge in [0, 0.05) is 6.54 Å². The predicted molar refractivity (Wildman–Crippen MR) is 88.7 cm³/mol. The summed E-state index contributed by atoms with van der Waals surface area (Å²) in [5, 5.41) is 13.2. The molecule has 9 heteroatoms. The normalized spacial score (nSPS) is 16.5. The van der Waals surface area contributed by atoms with Crippen LogP contribution >= 0.6 is 11.6 Å². The van der Waals surface area contributed by atoms with Crippen molar-refractivity contribution in [3.8, 4) is 0 Å². The van der Waals surface area contributed by atoms with E-state index in [4.69, 9.17) is 11.6 Å². The van der Waals surface area contributed by atoms with Crippen molar-refractivity contribution in [1.82, 2.24) is 25.6 Å². The summed E-state index contributed by atoms with van der Waals surface area (Å²) < 4.78 is 14.6. The van der Waals surface area contributed by atoms with E-state index in [1.54, 1.807) is 0 Å². The molecule has 0 saturated heterocycles. The molecule has 1 aromatic heterocycles. The summed E-state index contributed by atoms with van der Waals surface area (Å²) in [5.41, 5.74) is 0.740. The third kappa shape index (κ3) is 3.48. The van der Waals surface area contributed by atoms with Crippen LogP contribution in [0.15, 0.2) is 18.2 Å². The topological polar surface area (TPSA) is 88.9 Å². The molecule has 2 heterocycles. The lowest BCUT2D eigenvalue weighted by Gasteiger charge is -2.27. The van der Waals surface area contributed by atoms with Crippen molar-refractivity contribution in [2.45, 2.75) is 33.0 Å². The van der Waals surface area contributed by atoms with E-state index in [0.717, 1.165) is 0 Å². The number of nitrogens with zero attached hydrogens (tertiary/aromatic N) is 3. The SMILES string of the molecule is CC(C)[C@H]1Cn2nnc(C(=O)NCc3ccc(F)c(Cl)c3)c2C(=O)N1. The molecule has 25 heavy (non-hydrogen) atoms. The third-order valence-corrected chi connectivity index (χ3v) is 4.38. The first kappa shape index (κ1) is 17.3. The van der Waals surface area contributed by atoms with Crippen molar-refractivity contribution in [3.63, 3.8) is 0 Å². The second-order valence-electron chi connectivity index (χ2n) is 6.22. The zero-order chi connectivity index (χ0) is 18.1. The molecule has 7 nitrogen and oxygen atoms in total. The van der Waals surface area contributed by atoms with Crippen molar-refractivity contribution >= 4 is 23.4 Å². The van der Waals surface area contributed by atoms with Gasteiger partial charge in [0.15, 0.2) is 11.4 Å². The Morgan fingerprint density at radius 3 is 2.96 bits per heavy atom. The molecule has 0 unspecified atom stereocenters.